The van der Waals surface area contributed by atoms with Crippen molar-refractivity contribution in [1.82, 2.24) is 9.62 Å². The number of likely N-dealkylation sites (tertiary alicyclic amines) is 1. The molecule has 2 N–H and O–H groups in total. The zero-order valence-electron chi connectivity index (χ0n) is 22.7. The summed E-state index contributed by atoms with van der Waals surface area (Å²) < 4.78 is 75.9. The third-order valence-corrected chi connectivity index (χ3v) is 8.28. The molecule has 41 heavy (non-hydrogen) atoms. The fourth-order valence-corrected chi connectivity index (χ4v) is 5.94. The van der Waals surface area contributed by atoms with Crippen LogP contribution in [0.2, 0.25) is 5.02 Å². The topological polar surface area (TPSA) is 124 Å². The Kier molecular flexibility index (Phi) is 10.2. The Balaban J connectivity index is 1.83. The number of carbonyl (C=O) groups is 1. The first kappa shape index (κ1) is 32.5. The molecule has 1 fully saturated rings. The Morgan fingerprint density at radius 2 is 1.90 bits per heavy atom. The fourth-order valence-electron chi connectivity index (χ4n) is 4.19. The van der Waals surface area contributed by atoms with Crippen LogP contribution in [0, 0.1) is 11.5 Å². The summed E-state index contributed by atoms with van der Waals surface area (Å²) in [5.41, 5.74) is -2.05. The van der Waals surface area contributed by atoms with Crippen molar-refractivity contribution < 1.29 is 31.1 Å². The number of thioether (sulfide) groups is 1. The summed E-state index contributed by atoms with van der Waals surface area (Å²) in [6.07, 6.45) is -0.875. The highest BCUT2D eigenvalue weighted by molar-refractivity contribution is 8.13. The Bertz CT molecular complexity index is 1450. The smallest absolute Gasteiger partial charge is 0.417 e. The number of halogens is 4. The summed E-state index contributed by atoms with van der Waals surface area (Å²) in [5, 5.41) is 11.2. The summed E-state index contributed by atoms with van der Waals surface area (Å²) >= 11 is 7.32. The van der Waals surface area contributed by atoms with Crippen LogP contribution in [0.1, 0.15) is 39.2 Å². The molecule has 0 saturated carbocycles. The number of amides is 1. The van der Waals surface area contributed by atoms with E-state index < -0.39 is 39.5 Å². The monoisotopic (exact) mass is 631 g/mol. The number of aliphatic imine (C=N–C) groups is 1. The number of sulfonamides is 1. The molecule has 0 radical (unpaired) electrons. The molecule has 1 atom stereocenters. The van der Waals surface area contributed by atoms with Crippen molar-refractivity contribution in [2.45, 2.75) is 56.3 Å². The number of benzene rings is 2. The highest BCUT2D eigenvalue weighted by Gasteiger charge is 2.36. The Labute approximate surface area is 246 Å². The third kappa shape index (κ3) is 8.51. The lowest BCUT2D eigenvalue weighted by molar-refractivity contribution is -0.137. The van der Waals surface area contributed by atoms with Crippen molar-refractivity contribution in [2.24, 2.45) is 4.99 Å². The number of alkyl halides is 3. The first-order chi connectivity index (χ1) is 19.1. The van der Waals surface area contributed by atoms with Gasteiger partial charge in [-0.25, -0.2) is 17.9 Å². The zero-order valence-corrected chi connectivity index (χ0v) is 25.1. The van der Waals surface area contributed by atoms with Crippen LogP contribution < -0.4 is 10.0 Å². The number of nitrogens with one attached hydrogen (secondary N) is 2. The second kappa shape index (κ2) is 12.9. The van der Waals surface area contributed by atoms with E-state index in [2.05, 4.69) is 15.0 Å². The molecule has 1 heterocycles. The van der Waals surface area contributed by atoms with Crippen molar-refractivity contribution in [1.29, 1.82) is 5.26 Å². The molecule has 2 aromatic rings. The largest absolute Gasteiger partial charge is 0.444 e. The van der Waals surface area contributed by atoms with Crippen LogP contribution in [0.3, 0.4) is 0 Å². The highest BCUT2D eigenvalue weighted by Crippen LogP contribution is 2.43. The summed E-state index contributed by atoms with van der Waals surface area (Å²) in [7, 11) is -4.04. The summed E-state index contributed by atoms with van der Waals surface area (Å²) in [4.78, 5) is 17.3. The standard InChI is InChI=1S/C26H29ClF3N5O4S2/c1-25(2,3)39-24(36)35-11-5-6-18(35)14-33-41(37,38)19-9-7-16(8-10-19)22-20(26(28,29)30)12-17(13-21(22)27)34-23(40-4)32-15-31/h7-10,12-13,18,33H,5-6,11,14H2,1-4H3,(H,32,34)/t18-/m0/s1. The molecule has 0 bridgehead atoms. The van der Waals surface area contributed by atoms with E-state index in [4.69, 9.17) is 21.6 Å². The van der Waals surface area contributed by atoms with Crippen molar-refractivity contribution in [3.8, 4) is 17.3 Å². The number of hydrogen-bond donors (Lipinski definition) is 2. The average Bonchev–Trinajstić information content (AvgIpc) is 3.35. The van der Waals surface area contributed by atoms with Gasteiger partial charge >= 0.3 is 12.3 Å². The van der Waals surface area contributed by atoms with Crippen LogP contribution in [-0.2, 0) is 20.9 Å². The number of ether oxygens (including phenoxy) is 1. The maximum Gasteiger partial charge on any atom is 0.417 e. The van der Waals surface area contributed by atoms with Gasteiger partial charge in [0.05, 0.1) is 15.5 Å². The van der Waals surface area contributed by atoms with Gasteiger partial charge in [0.1, 0.15) is 5.60 Å². The van der Waals surface area contributed by atoms with Gasteiger partial charge in [-0.3, -0.25) is 0 Å². The first-order valence-corrected chi connectivity index (χ1v) is 15.4. The van der Waals surface area contributed by atoms with Gasteiger partial charge in [-0.2, -0.15) is 18.4 Å². The molecule has 1 aliphatic heterocycles. The number of hydrogen-bond acceptors (Lipinski definition) is 7. The normalized spacial score (nSPS) is 16.4. The predicted octanol–water partition coefficient (Wildman–Crippen LogP) is 6.32. The van der Waals surface area contributed by atoms with Crippen LogP contribution in [0.15, 0.2) is 46.3 Å². The number of nitriles is 1. The third-order valence-electron chi connectivity index (χ3n) is 5.96. The molecular formula is C26H29ClF3N5O4S2. The van der Waals surface area contributed by atoms with E-state index in [1.54, 1.807) is 33.2 Å². The van der Waals surface area contributed by atoms with E-state index in [0.29, 0.717) is 19.4 Å². The van der Waals surface area contributed by atoms with E-state index >= 15 is 0 Å². The maximum absolute atomic E-state index is 14.0. The number of amidine groups is 1. The van der Waals surface area contributed by atoms with Gasteiger partial charge in [-0.15, -0.1) is 4.99 Å². The number of nitrogens with zero attached hydrogens (tertiary/aromatic N) is 3. The summed E-state index contributed by atoms with van der Waals surface area (Å²) in [6.45, 7) is 5.62. The van der Waals surface area contributed by atoms with Crippen molar-refractivity contribution in [2.75, 3.05) is 24.7 Å². The molecule has 0 spiro atoms. The molecule has 3 rings (SSSR count). The van der Waals surface area contributed by atoms with Crippen LogP contribution >= 0.6 is 23.4 Å². The molecule has 1 aliphatic rings. The van der Waals surface area contributed by atoms with Gasteiger partial charge in [0, 0.05) is 30.4 Å². The minimum atomic E-state index is -4.80. The minimum Gasteiger partial charge on any atom is -0.444 e. The lowest BCUT2D eigenvalue weighted by Gasteiger charge is -2.28. The van der Waals surface area contributed by atoms with Crippen molar-refractivity contribution >= 4 is 50.3 Å². The van der Waals surface area contributed by atoms with E-state index in [0.717, 1.165) is 17.8 Å². The van der Waals surface area contributed by atoms with Gasteiger partial charge in [0.15, 0.2) is 5.17 Å². The lowest BCUT2D eigenvalue weighted by Crippen LogP contribution is -2.45. The van der Waals surface area contributed by atoms with Gasteiger partial charge in [-0.05, 0) is 69.7 Å². The van der Waals surface area contributed by atoms with E-state index in [1.807, 2.05) is 0 Å². The molecular weight excluding hydrogens is 603 g/mol. The van der Waals surface area contributed by atoms with Gasteiger partial charge < -0.3 is 15.0 Å². The summed E-state index contributed by atoms with van der Waals surface area (Å²) in [6, 6.07) is 6.56. The molecule has 1 amide bonds. The molecule has 0 unspecified atom stereocenters. The zero-order chi connectivity index (χ0) is 30.6. The SMILES string of the molecule is CS/C(=N\C#N)Nc1cc(Cl)c(-c2ccc(S(=O)(=O)NC[C@@H]3CCCN3C(=O)OC(C)(C)C)cc2)c(C(F)(F)F)c1. The fraction of sp³-hybridized carbons (Fsp3) is 0.423. The van der Waals surface area contributed by atoms with Crippen LogP contribution in [0.25, 0.3) is 11.1 Å². The molecule has 15 heteroatoms. The Morgan fingerprint density at radius 1 is 1.24 bits per heavy atom. The maximum atomic E-state index is 14.0. The van der Waals surface area contributed by atoms with Crippen molar-refractivity contribution in [3.05, 3.63) is 47.0 Å². The number of carbonyl (C=O) groups excluding carboxylic acids is 1. The van der Waals surface area contributed by atoms with E-state index in [1.165, 1.54) is 35.2 Å². The van der Waals surface area contributed by atoms with Gasteiger partial charge in [-0.1, -0.05) is 35.5 Å². The van der Waals surface area contributed by atoms with Crippen molar-refractivity contribution in [3.63, 3.8) is 0 Å². The van der Waals surface area contributed by atoms with E-state index in [9.17, 15) is 26.4 Å². The molecule has 9 nitrogen and oxygen atoms in total. The number of anilines is 1. The Hall–Kier alpha value is -2.99. The highest BCUT2D eigenvalue weighted by atomic mass is 35.5. The summed E-state index contributed by atoms with van der Waals surface area (Å²) in [5.74, 6) is 0. The number of rotatable bonds is 6. The molecule has 1 saturated heterocycles. The quantitative estimate of drug-likeness (QED) is 0.217. The minimum absolute atomic E-state index is 0.0230. The lowest BCUT2D eigenvalue weighted by atomic mass is 9.98. The predicted molar refractivity (Wildman–Crippen MR) is 153 cm³/mol. The van der Waals surface area contributed by atoms with E-state index in [-0.39, 0.29) is 38.4 Å². The second-order valence-corrected chi connectivity index (χ2v) is 13.0. The Morgan fingerprint density at radius 3 is 2.46 bits per heavy atom. The molecule has 0 aliphatic carbocycles. The first-order valence-electron chi connectivity index (χ1n) is 12.3. The van der Waals surface area contributed by atoms with Crippen LogP contribution in [0.5, 0.6) is 0 Å². The molecule has 0 aromatic heterocycles. The van der Waals surface area contributed by atoms with Crippen LogP contribution in [-0.4, -0.2) is 55.6 Å². The van der Waals surface area contributed by atoms with Crippen LogP contribution in [0.4, 0.5) is 23.7 Å². The average molecular weight is 632 g/mol. The van der Waals surface area contributed by atoms with Gasteiger partial charge in [0.2, 0.25) is 16.2 Å². The second-order valence-electron chi connectivity index (χ2n) is 10.1. The van der Waals surface area contributed by atoms with Gasteiger partial charge in [0.25, 0.3) is 0 Å². The molecule has 2 aromatic carbocycles. The molecule has 222 valence electrons.